The first-order valence-corrected chi connectivity index (χ1v) is 4.49. The highest BCUT2D eigenvalue weighted by Crippen LogP contribution is 2.12. The Morgan fingerprint density at radius 3 is 2.69 bits per heavy atom. The Hall–Kier alpha value is -1.15. The lowest BCUT2D eigenvalue weighted by molar-refractivity contribution is 0.269. The van der Waals surface area contributed by atoms with Crippen molar-refractivity contribution in [2.75, 3.05) is 11.9 Å². The zero-order chi connectivity index (χ0) is 9.52. The van der Waals surface area contributed by atoms with Crippen molar-refractivity contribution in [2.45, 2.75) is 6.92 Å². The number of rotatable bonds is 4. The number of nitrogens with one attached hydrogen (secondary N) is 1. The Balaban J connectivity index is 2.41. The molecule has 0 spiro atoms. The lowest BCUT2D eigenvalue weighted by atomic mass is 10.3. The lowest BCUT2D eigenvalue weighted by Gasteiger charge is -1.99. The first-order valence-electron chi connectivity index (χ1n) is 4.11. The van der Waals surface area contributed by atoms with Crippen LogP contribution in [0.5, 0.6) is 0 Å². The fourth-order valence-electron chi connectivity index (χ4n) is 0.821. The Morgan fingerprint density at radius 2 is 2.08 bits per heavy atom. The smallest absolute Gasteiger partial charge is 0.0988 e. The zero-order valence-corrected chi connectivity index (χ0v) is 8.21. The molecular formula is C10H12ClNO. The molecule has 0 heterocycles. The third-order valence-corrected chi connectivity index (χ3v) is 1.68. The second-order valence-corrected chi connectivity index (χ2v) is 2.85. The summed E-state index contributed by atoms with van der Waals surface area (Å²) in [4.78, 5) is 0. The van der Waals surface area contributed by atoms with E-state index in [1.165, 1.54) is 0 Å². The summed E-state index contributed by atoms with van der Waals surface area (Å²) in [7, 11) is 0. The summed E-state index contributed by atoms with van der Waals surface area (Å²) in [5, 5.41) is 3.78. The Kier molecular flexibility index (Phi) is 4.19. The van der Waals surface area contributed by atoms with Gasteiger partial charge in [-0.2, -0.15) is 0 Å². The Bertz CT molecular complexity index is 269. The highest BCUT2D eigenvalue weighted by atomic mass is 35.5. The number of anilines is 1. The van der Waals surface area contributed by atoms with Gasteiger partial charge in [-0.15, -0.1) is 0 Å². The molecule has 1 N–H and O–H groups in total. The Morgan fingerprint density at radius 1 is 1.38 bits per heavy atom. The third-order valence-electron chi connectivity index (χ3n) is 1.43. The van der Waals surface area contributed by atoms with Crippen molar-refractivity contribution in [3.63, 3.8) is 0 Å². The van der Waals surface area contributed by atoms with Gasteiger partial charge in [0.2, 0.25) is 0 Å². The van der Waals surface area contributed by atoms with Gasteiger partial charge in [-0.25, -0.2) is 0 Å². The predicted octanol–water partition coefficient (Wildman–Crippen LogP) is 3.26. The number of benzene rings is 1. The van der Waals surface area contributed by atoms with Crippen LogP contribution in [0.2, 0.25) is 5.02 Å². The van der Waals surface area contributed by atoms with E-state index in [-0.39, 0.29) is 0 Å². The van der Waals surface area contributed by atoms with E-state index in [0.717, 1.165) is 10.7 Å². The quantitative estimate of drug-likeness (QED) is 0.749. The van der Waals surface area contributed by atoms with E-state index in [1.807, 2.05) is 31.2 Å². The second-order valence-electron chi connectivity index (χ2n) is 2.41. The first kappa shape index (κ1) is 9.93. The highest BCUT2D eigenvalue weighted by molar-refractivity contribution is 6.30. The normalized spacial score (nSPS) is 10.3. The van der Waals surface area contributed by atoms with Gasteiger partial charge in [0.05, 0.1) is 12.9 Å². The van der Waals surface area contributed by atoms with Crippen LogP contribution >= 0.6 is 11.6 Å². The van der Waals surface area contributed by atoms with Crippen LogP contribution in [-0.2, 0) is 4.74 Å². The minimum absolute atomic E-state index is 0.679. The number of halogens is 1. The maximum Gasteiger partial charge on any atom is 0.0988 e. The van der Waals surface area contributed by atoms with Gasteiger partial charge in [0, 0.05) is 16.9 Å². The lowest BCUT2D eigenvalue weighted by Crippen LogP contribution is -1.87. The molecule has 0 aromatic heterocycles. The van der Waals surface area contributed by atoms with E-state index in [0.29, 0.717) is 6.61 Å². The van der Waals surface area contributed by atoms with Gasteiger partial charge in [-0.05, 0) is 31.2 Å². The minimum Gasteiger partial charge on any atom is -0.500 e. The molecule has 0 aliphatic rings. The van der Waals surface area contributed by atoms with Gasteiger partial charge in [-0.1, -0.05) is 11.6 Å². The van der Waals surface area contributed by atoms with Crippen LogP contribution in [0.1, 0.15) is 6.92 Å². The molecule has 0 aliphatic heterocycles. The van der Waals surface area contributed by atoms with Gasteiger partial charge in [0.15, 0.2) is 0 Å². The molecule has 0 bridgehead atoms. The van der Waals surface area contributed by atoms with Crippen molar-refractivity contribution in [2.24, 2.45) is 0 Å². The van der Waals surface area contributed by atoms with Gasteiger partial charge >= 0.3 is 0 Å². The van der Waals surface area contributed by atoms with Crippen LogP contribution in [-0.4, -0.2) is 6.61 Å². The summed E-state index contributed by atoms with van der Waals surface area (Å²) < 4.78 is 5.01. The molecule has 1 aromatic rings. The van der Waals surface area contributed by atoms with Crippen molar-refractivity contribution in [3.8, 4) is 0 Å². The van der Waals surface area contributed by atoms with E-state index in [1.54, 1.807) is 12.5 Å². The van der Waals surface area contributed by atoms with Crippen molar-refractivity contribution in [1.82, 2.24) is 0 Å². The molecule has 3 heteroatoms. The van der Waals surface area contributed by atoms with Crippen LogP contribution in [0, 0.1) is 0 Å². The first-order chi connectivity index (χ1) is 6.33. The van der Waals surface area contributed by atoms with Gasteiger partial charge < -0.3 is 10.1 Å². The van der Waals surface area contributed by atoms with Crippen molar-refractivity contribution in [3.05, 3.63) is 41.8 Å². The number of hydrogen-bond donors (Lipinski definition) is 1. The van der Waals surface area contributed by atoms with Gasteiger partial charge in [-0.3, -0.25) is 0 Å². The van der Waals surface area contributed by atoms with E-state index < -0.39 is 0 Å². The SMILES string of the molecule is CCO/C=C\Nc1ccc(Cl)cc1. The van der Waals surface area contributed by atoms with E-state index in [2.05, 4.69) is 5.32 Å². The molecule has 0 saturated heterocycles. The van der Waals surface area contributed by atoms with E-state index >= 15 is 0 Å². The summed E-state index contributed by atoms with van der Waals surface area (Å²) in [6, 6.07) is 7.47. The predicted molar refractivity (Wildman–Crippen MR) is 55.8 cm³/mol. The fraction of sp³-hybridized carbons (Fsp3) is 0.200. The van der Waals surface area contributed by atoms with E-state index in [4.69, 9.17) is 16.3 Å². The molecule has 0 saturated carbocycles. The standard InChI is InChI=1S/C10H12ClNO/c1-2-13-8-7-12-10-5-3-9(11)4-6-10/h3-8,12H,2H2,1H3/b8-7-. The molecule has 0 unspecified atom stereocenters. The second kappa shape index (κ2) is 5.49. The molecule has 0 amide bonds. The summed E-state index contributed by atoms with van der Waals surface area (Å²) in [6.45, 7) is 2.62. The third kappa shape index (κ3) is 3.85. The summed E-state index contributed by atoms with van der Waals surface area (Å²) in [5.74, 6) is 0. The zero-order valence-electron chi connectivity index (χ0n) is 7.46. The molecule has 70 valence electrons. The maximum atomic E-state index is 5.72. The van der Waals surface area contributed by atoms with E-state index in [9.17, 15) is 0 Å². The Labute approximate surface area is 83.2 Å². The maximum absolute atomic E-state index is 5.72. The van der Waals surface area contributed by atoms with Gasteiger partial charge in [0.25, 0.3) is 0 Å². The monoisotopic (exact) mass is 197 g/mol. The summed E-state index contributed by atoms with van der Waals surface area (Å²) in [5.41, 5.74) is 0.986. The topological polar surface area (TPSA) is 21.3 Å². The molecule has 0 radical (unpaired) electrons. The van der Waals surface area contributed by atoms with Crippen LogP contribution in [0.25, 0.3) is 0 Å². The van der Waals surface area contributed by atoms with Gasteiger partial charge in [0.1, 0.15) is 0 Å². The minimum atomic E-state index is 0.679. The summed E-state index contributed by atoms with van der Waals surface area (Å²) >= 11 is 5.72. The van der Waals surface area contributed by atoms with Crippen molar-refractivity contribution < 1.29 is 4.74 Å². The molecular weight excluding hydrogens is 186 g/mol. The van der Waals surface area contributed by atoms with Crippen LogP contribution in [0.3, 0.4) is 0 Å². The molecule has 2 nitrogen and oxygen atoms in total. The fourth-order valence-corrected chi connectivity index (χ4v) is 0.947. The average Bonchev–Trinajstić information content (AvgIpc) is 2.15. The van der Waals surface area contributed by atoms with Crippen LogP contribution < -0.4 is 5.32 Å². The molecule has 0 atom stereocenters. The van der Waals surface area contributed by atoms with Crippen molar-refractivity contribution in [1.29, 1.82) is 0 Å². The molecule has 1 rings (SSSR count). The molecule has 13 heavy (non-hydrogen) atoms. The molecule has 0 fully saturated rings. The summed E-state index contributed by atoms with van der Waals surface area (Å²) in [6.07, 6.45) is 3.36. The van der Waals surface area contributed by atoms with Crippen LogP contribution in [0.15, 0.2) is 36.7 Å². The highest BCUT2D eigenvalue weighted by Gasteiger charge is 1.87. The molecule has 0 aliphatic carbocycles. The van der Waals surface area contributed by atoms with Crippen LogP contribution in [0.4, 0.5) is 5.69 Å². The molecule has 1 aromatic carbocycles. The number of hydrogen-bond acceptors (Lipinski definition) is 2. The van der Waals surface area contributed by atoms with Crippen molar-refractivity contribution >= 4 is 17.3 Å². The largest absolute Gasteiger partial charge is 0.500 e. The number of ether oxygens (including phenoxy) is 1. The average molecular weight is 198 g/mol.